The maximum Gasteiger partial charge on any atom is 0.343 e. The number of methoxy groups -OCH3 is 3. The van der Waals surface area contributed by atoms with Crippen molar-refractivity contribution >= 4 is 40.2 Å². The number of carbonyl (C=O) groups excluding carboxylic acids is 3. The van der Waals surface area contributed by atoms with Gasteiger partial charge >= 0.3 is 23.6 Å². The lowest BCUT2D eigenvalue weighted by atomic mass is 10.1. The van der Waals surface area contributed by atoms with Crippen LogP contribution in [-0.2, 0) is 23.8 Å². The van der Waals surface area contributed by atoms with E-state index >= 15 is 4.39 Å². The first kappa shape index (κ1) is 23.6. The Balaban J connectivity index is 2.31. The Hall–Kier alpha value is -4.03. The molecule has 2 aromatic rings. The summed E-state index contributed by atoms with van der Waals surface area (Å²) >= 11 is 0. The molecule has 1 aromatic heterocycles. The van der Waals surface area contributed by atoms with Gasteiger partial charge in [0.15, 0.2) is 11.5 Å². The van der Waals surface area contributed by atoms with E-state index in [-0.39, 0.29) is 11.6 Å². The Bertz CT molecular complexity index is 1220. The molecule has 0 spiro atoms. The van der Waals surface area contributed by atoms with E-state index in [0.717, 1.165) is 33.6 Å². The zero-order valence-corrected chi connectivity index (χ0v) is 17.9. The minimum absolute atomic E-state index is 0.231. The number of halogens is 1. The van der Waals surface area contributed by atoms with E-state index in [1.165, 1.54) is 4.57 Å². The van der Waals surface area contributed by atoms with Crippen molar-refractivity contribution < 1.29 is 37.9 Å². The summed E-state index contributed by atoms with van der Waals surface area (Å²) in [6, 6.07) is -1.03. The molecule has 0 bridgehead atoms. The van der Waals surface area contributed by atoms with Crippen LogP contribution in [0.3, 0.4) is 0 Å². The van der Waals surface area contributed by atoms with Crippen LogP contribution in [-0.4, -0.2) is 54.8 Å². The quantitative estimate of drug-likeness (QED) is 0.263. The molecule has 1 N–H and O–H groups in total. The smallest absolute Gasteiger partial charge is 0.343 e. The van der Waals surface area contributed by atoms with Crippen molar-refractivity contribution in [1.82, 2.24) is 4.57 Å². The third-order valence-corrected chi connectivity index (χ3v) is 5.17. The maximum atomic E-state index is 15.1. The molecule has 1 aliphatic carbocycles. The topological polar surface area (TPSA) is 156 Å². The van der Waals surface area contributed by atoms with Gasteiger partial charge in [-0.3, -0.25) is 19.7 Å². The molecule has 0 amide bonds. The number of carbonyl (C=O) groups is 3. The number of pyridine rings is 1. The SMILES string of the molecule is COC(=O)C[C@H](Nc1c(F)cc2c(=O)c(C(=O)OC)cn(C3CC3)c2c1[N+](=O)[O-])C(=O)OC. The number of hydrogen-bond acceptors (Lipinski definition) is 10. The molecule has 0 aliphatic heterocycles. The molecule has 1 aliphatic rings. The number of ether oxygens (including phenoxy) is 3. The van der Waals surface area contributed by atoms with Crippen LogP contribution in [0, 0.1) is 15.9 Å². The Morgan fingerprint density at radius 3 is 2.42 bits per heavy atom. The highest BCUT2D eigenvalue weighted by Crippen LogP contribution is 2.42. The molecule has 0 saturated heterocycles. The minimum atomic E-state index is -1.51. The maximum absolute atomic E-state index is 15.1. The van der Waals surface area contributed by atoms with E-state index in [1.807, 2.05) is 0 Å². The second-order valence-corrected chi connectivity index (χ2v) is 7.24. The van der Waals surface area contributed by atoms with Crippen molar-refractivity contribution in [2.24, 2.45) is 0 Å². The largest absolute Gasteiger partial charge is 0.469 e. The van der Waals surface area contributed by atoms with Crippen LogP contribution in [0.25, 0.3) is 10.9 Å². The van der Waals surface area contributed by atoms with E-state index in [1.54, 1.807) is 0 Å². The monoisotopic (exact) mass is 465 g/mol. The van der Waals surface area contributed by atoms with E-state index in [0.29, 0.717) is 12.8 Å². The molecule has 176 valence electrons. The summed E-state index contributed by atoms with van der Waals surface area (Å²) in [6.45, 7) is 0. The van der Waals surface area contributed by atoms with Gasteiger partial charge in [0, 0.05) is 12.2 Å². The van der Waals surface area contributed by atoms with Gasteiger partial charge < -0.3 is 24.1 Å². The lowest BCUT2D eigenvalue weighted by molar-refractivity contribution is -0.382. The zero-order chi connectivity index (χ0) is 24.4. The molecule has 12 nitrogen and oxygen atoms in total. The number of nitro groups is 1. The Kier molecular flexibility index (Phi) is 6.60. The molecular formula is C20H20FN3O9. The highest BCUT2D eigenvalue weighted by Gasteiger charge is 2.35. The number of nitro benzene ring substituents is 1. The Morgan fingerprint density at radius 2 is 1.91 bits per heavy atom. The van der Waals surface area contributed by atoms with Crippen molar-refractivity contribution in [1.29, 1.82) is 0 Å². The average Bonchev–Trinajstić information content (AvgIpc) is 3.63. The number of aromatic nitrogens is 1. The predicted molar refractivity (Wildman–Crippen MR) is 110 cm³/mol. The molecular weight excluding hydrogens is 445 g/mol. The lowest BCUT2D eigenvalue weighted by Crippen LogP contribution is -2.34. The second-order valence-electron chi connectivity index (χ2n) is 7.24. The summed E-state index contributed by atoms with van der Waals surface area (Å²) in [5.41, 5.74) is -3.12. The molecule has 0 unspecified atom stereocenters. The first-order valence-corrected chi connectivity index (χ1v) is 9.69. The van der Waals surface area contributed by atoms with Gasteiger partial charge in [0.25, 0.3) is 0 Å². The summed E-state index contributed by atoms with van der Waals surface area (Å²) in [4.78, 5) is 59.9. The molecule has 1 aromatic carbocycles. The first-order chi connectivity index (χ1) is 15.6. The van der Waals surface area contributed by atoms with Crippen molar-refractivity contribution in [3.63, 3.8) is 0 Å². The highest BCUT2D eigenvalue weighted by molar-refractivity contribution is 6.00. The van der Waals surface area contributed by atoms with E-state index in [4.69, 9.17) is 0 Å². The number of nitrogens with zero attached hydrogens (tertiary/aromatic N) is 2. The van der Waals surface area contributed by atoms with Gasteiger partial charge in [-0.25, -0.2) is 14.0 Å². The van der Waals surface area contributed by atoms with Gasteiger partial charge in [-0.05, 0) is 18.9 Å². The number of rotatable bonds is 8. The van der Waals surface area contributed by atoms with Crippen LogP contribution in [0.5, 0.6) is 0 Å². The standard InChI is InChI=1S/C20H20FN3O9/c1-31-14(25)7-13(20(28)33-3)22-15-12(21)6-10-16(17(15)24(29)30)23(9-4-5-9)8-11(18(10)26)19(27)32-2/h6,8-9,13,22H,4-5,7H2,1-3H3/t13-/m0/s1. The summed E-state index contributed by atoms with van der Waals surface area (Å²) in [7, 11) is 3.17. The molecule has 0 radical (unpaired) electrons. The van der Waals surface area contributed by atoms with E-state index in [2.05, 4.69) is 19.5 Å². The average molecular weight is 465 g/mol. The van der Waals surface area contributed by atoms with Crippen molar-refractivity contribution in [3.8, 4) is 0 Å². The van der Waals surface area contributed by atoms with Crippen molar-refractivity contribution in [2.75, 3.05) is 26.6 Å². The van der Waals surface area contributed by atoms with Gasteiger partial charge in [0.1, 0.15) is 17.1 Å². The number of nitrogens with one attached hydrogen (secondary N) is 1. The molecule has 1 heterocycles. The van der Waals surface area contributed by atoms with Gasteiger partial charge in [0.05, 0.1) is 38.1 Å². The van der Waals surface area contributed by atoms with Crippen LogP contribution < -0.4 is 10.7 Å². The van der Waals surface area contributed by atoms with Crippen LogP contribution >= 0.6 is 0 Å². The summed E-state index contributed by atoms with van der Waals surface area (Å²) in [5.74, 6) is -4.05. The number of hydrogen-bond donors (Lipinski definition) is 1. The Labute approximate surface area is 185 Å². The normalized spacial score (nSPS) is 13.8. The first-order valence-electron chi connectivity index (χ1n) is 9.69. The highest BCUT2D eigenvalue weighted by atomic mass is 19.1. The molecule has 3 rings (SSSR count). The van der Waals surface area contributed by atoms with Crippen molar-refractivity contribution in [2.45, 2.75) is 31.3 Å². The number of anilines is 1. The fraction of sp³-hybridized carbons (Fsp3) is 0.400. The molecule has 33 heavy (non-hydrogen) atoms. The van der Waals surface area contributed by atoms with Crippen molar-refractivity contribution in [3.05, 3.63) is 44.0 Å². The zero-order valence-electron chi connectivity index (χ0n) is 17.9. The number of esters is 3. The van der Waals surface area contributed by atoms with Gasteiger partial charge in [0.2, 0.25) is 5.43 Å². The molecule has 1 atom stereocenters. The van der Waals surface area contributed by atoms with E-state index in [9.17, 15) is 29.3 Å². The van der Waals surface area contributed by atoms with Gasteiger partial charge in [-0.2, -0.15) is 0 Å². The second kappa shape index (κ2) is 9.22. The molecule has 13 heteroatoms. The molecule has 1 saturated carbocycles. The van der Waals surface area contributed by atoms with Crippen LogP contribution in [0.2, 0.25) is 0 Å². The van der Waals surface area contributed by atoms with Crippen LogP contribution in [0.4, 0.5) is 15.8 Å². The third-order valence-electron chi connectivity index (χ3n) is 5.17. The van der Waals surface area contributed by atoms with E-state index < -0.39 is 68.9 Å². The third kappa shape index (κ3) is 4.47. The summed E-state index contributed by atoms with van der Waals surface area (Å²) in [5, 5.41) is 14.0. The van der Waals surface area contributed by atoms with Crippen LogP contribution in [0.15, 0.2) is 17.1 Å². The summed E-state index contributed by atoms with van der Waals surface area (Å²) < 4.78 is 30.2. The Morgan fingerprint density at radius 1 is 1.24 bits per heavy atom. The molecule has 1 fully saturated rings. The fourth-order valence-electron chi connectivity index (χ4n) is 3.44. The number of benzene rings is 1. The fourth-order valence-corrected chi connectivity index (χ4v) is 3.44. The summed E-state index contributed by atoms with van der Waals surface area (Å²) in [6.07, 6.45) is 1.77. The predicted octanol–water partition coefficient (Wildman–Crippen LogP) is 1.69. The van der Waals surface area contributed by atoms with Gasteiger partial charge in [-0.1, -0.05) is 0 Å². The lowest BCUT2D eigenvalue weighted by Gasteiger charge is -2.19. The minimum Gasteiger partial charge on any atom is -0.469 e. The van der Waals surface area contributed by atoms with Crippen LogP contribution in [0.1, 0.15) is 35.7 Å². The van der Waals surface area contributed by atoms with Gasteiger partial charge in [-0.15, -0.1) is 0 Å². The number of fused-ring (bicyclic) bond motifs is 1.